The molecule has 0 unspecified atom stereocenters. The number of amides is 4. The first-order valence-corrected chi connectivity index (χ1v) is 9.62. The van der Waals surface area contributed by atoms with Crippen LogP contribution in [-0.2, 0) is 4.79 Å². The predicted octanol–water partition coefficient (Wildman–Crippen LogP) is 1.64. The van der Waals surface area contributed by atoms with Gasteiger partial charge in [0.15, 0.2) is 5.76 Å². The number of hydrogen-bond acceptors (Lipinski definition) is 5. The first-order valence-electron chi connectivity index (χ1n) is 9.62. The minimum Gasteiger partial charge on any atom is -0.459 e. The summed E-state index contributed by atoms with van der Waals surface area (Å²) < 4.78 is 5.13. The number of rotatable bonds is 5. The normalized spacial score (nSPS) is 16.3. The minimum atomic E-state index is -0.303. The van der Waals surface area contributed by atoms with Crippen LogP contribution in [0.3, 0.4) is 0 Å². The van der Waals surface area contributed by atoms with Crippen LogP contribution in [0.1, 0.15) is 44.1 Å². The second-order valence-corrected chi connectivity index (χ2v) is 7.06. The maximum Gasteiger partial charge on any atom is 0.289 e. The highest BCUT2D eigenvalue weighted by molar-refractivity contribution is 6.21. The quantitative estimate of drug-likeness (QED) is 0.718. The first kappa shape index (κ1) is 18.9. The molecular formula is C21H21N3O5. The standard InChI is InChI=1S/C21H21N3O5/c25-18(22-10-12-23(13-11-22)21(28)17-7-4-14-29-17)8-3-9-24-19(26)15-5-1-2-6-16(15)20(24)27/h1-2,4-7,14H,3,8-13H2. The number of piperazine rings is 1. The molecule has 0 saturated carbocycles. The van der Waals surface area contributed by atoms with E-state index in [1.165, 1.54) is 11.2 Å². The highest BCUT2D eigenvalue weighted by Gasteiger charge is 2.34. The van der Waals surface area contributed by atoms with Crippen molar-refractivity contribution in [2.75, 3.05) is 32.7 Å². The molecule has 1 saturated heterocycles. The van der Waals surface area contributed by atoms with Crippen LogP contribution in [0.4, 0.5) is 0 Å². The summed E-state index contributed by atoms with van der Waals surface area (Å²) in [5, 5.41) is 0. The molecule has 2 aliphatic rings. The van der Waals surface area contributed by atoms with Crippen LogP contribution in [0.2, 0.25) is 0 Å². The maximum atomic E-state index is 12.5. The Hall–Kier alpha value is -3.42. The van der Waals surface area contributed by atoms with Gasteiger partial charge in [0.2, 0.25) is 5.91 Å². The number of fused-ring (bicyclic) bond motifs is 1. The van der Waals surface area contributed by atoms with E-state index in [4.69, 9.17) is 4.42 Å². The van der Waals surface area contributed by atoms with Crippen molar-refractivity contribution in [1.29, 1.82) is 0 Å². The maximum absolute atomic E-state index is 12.5. The van der Waals surface area contributed by atoms with Gasteiger partial charge in [-0.2, -0.15) is 0 Å². The van der Waals surface area contributed by atoms with E-state index in [1.54, 1.807) is 46.2 Å². The lowest BCUT2D eigenvalue weighted by Crippen LogP contribution is -2.50. The number of hydrogen-bond donors (Lipinski definition) is 0. The Morgan fingerprint density at radius 1 is 0.862 bits per heavy atom. The van der Waals surface area contributed by atoms with Crippen molar-refractivity contribution in [3.8, 4) is 0 Å². The molecule has 0 aliphatic carbocycles. The van der Waals surface area contributed by atoms with Gasteiger partial charge < -0.3 is 14.2 Å². The smallest absolute Gasteiger partial charge is 0.289 e. The number of imide groups is 1. The van der Waals surface area contributed by atoms with Gasteiger partial charge in [0, 0.05) is 39.1 Å². The summed E-state index contributed by atoms with van der Waals surface area (Å²) in [6.07, 6.45) is 2.12. The SMILES string of the molecule is O=C(CCCN1C(=O)c2ccccc2C1=O)N1CCN(C(=O)c2ccco2)CC1. The average molecular weight is 395 g/mol. The first-order chi connectivity index (χ1) is 14.1. The molecule has 8 nitrogen and oxygen atoms in total. The van der Waals surface area contributed by atoms with Crippen molar-refractivity contribution >= 4 is 23.6 Å². The van der Waals surface area contributed by atoms with Gasteiger partial charge in [-0.05, 0) is 30.7 Å². The zero-order chi connectivity index (χ0) is 20.4. The van der Waals surface area contributed by atoms with Gasteiger partial charge in [0.05, 0.1) is 17.4 Å². The molecule has 150 valence electrons. The van der Waals surface area contributed by atoms with Crippen molar-refractivity contribution in [1.82, 2.24) is 14.7 Å². The van der Waals surface area contributed by atoms with Crippen molar-refractivity contribution in [2.24, 2.45) is 0 Å². The van der Waals surface area contributed by atoms with Gasteiger partial charge in [-0.15, -0.1) is 0 Å². The third kappa shape index (κ3) is 3.65. The van der Waals surface area contributed by atoms with Gasteiger partial charge in [-0.25, -0.2) is 0 Å². The van der Waals surface area contributed by atoms with E-state index in [-0.39, 0.29) is 36.6 Å². The van der Waals surface area contributed by atoms with Gasteiger partial charge in [-0.1, -0.05) is 12.1 Å². The fourth-order valence-corrected chi connectivity index (χ4v) is 3.70. The summed E-state index contributed by atoms with van der Waals surface area (Å²) in [4.78, 5) is 54.0. The van der Waals surface area contributed by atoms with E-state index < -0.39 is 0 Å². The molecule has 0 N–H and O–H groups in total. The Labute approximate surface area is 167 Å². The lowest BCUT2D eigenvalue weighted by atomic mass is 10.1. The van der Waals surface area contributed by atoms with Crippen molar-refractivity contribution in [3.63, 3.8) is 0 Å². The monoisotopic (exact) mass is 395 g/mol. The second-order valence-electron chi connectivity index (χ2n) is 7.06. The van der Waals surface area contributed by atoms with Crippen molar-refractivity contribution in [2.45, 2.75) is 12.8 Å². The zero-order valence-corrected chi connectivity index (χ0v) is 15.9. The highest BCUT2D eigenvalue weighted by atomic mass is 16.3. The molecule has 1 aromatic heterocycles. The number of furan rings is 1. The van der Waals surface area contributed by atoms with Gasteiger partial charge >= 0.3 is 0 Å². The lowest BCUT2D eigenvalue weighted by Gasteiger charge is -2.34. The molecule has 1 fully saturated rings. The van der Waals surface area contributed by atoms with Crippen LogP contribution < -0.4 is 0 Å². The molecule has 0 atom stereocenters. The molecule has 0 bridgehead atoms. The van der Waals surface area contributed by atoms with E-state index in [1.807, 2.05) is 0 Å². The Bertz CT molecular complexity index is 910. The van der Waals surface area contributed by atoms with E-state index in [0.29, 0.717) is 49.5 Å². The molecule has 0 radical (unpaired) electrons. The fourth-order valence-electron chi connectivity index (χ4n) is 3.70. The van der Waals surface area contributed by atoms with Gasteiger partial charge in [0.25, 0.3) is 17.7 Å². The summed E-state index contributed by atoms with van der Waals surface area (Å²) in [5.74, 6) is -0.517. The molecule has 29 heavy (non-hydrogen) atoms. The number of benzene rings is 1. The summed E-state index contributed by atoms with van der Waals surface area (Å²) in [7, 11) is 0. The number of carbonyl (C=O) groups is 4. The van der Waals surface area contributed by atoms with Crippen LogP contribution in [0.5, 0.6) is 0 Å². The highest BCUT2D eigenvalue weighted by Crippen LogP contribution is 2.22. The van der Waals surface area contributed by atoms with Crippen molar-refractivity contribution < 1.29 is 23.6 Å². The van der Waals surface area contributed by atoms with E-state index in [2.05, 4.69) is 0 Å². The van der Waals surface area contributed by atoms with E-state index >= 15 is 0 Å². The molecule has 0 spiro atoms. The third-order valence-corrected chi connectivity index (χ3v) is 5.30. The van der Waals surface area contributed by atoms with Crippen LogP contribution in [-0.4, -0.2) is 71.1 Å². The Morgan fingerprint density at radius 2 is 1.48 bits per heavy atom. The number of carbonyl (C=O) groups excluding carboxylic acids is 4. The summed E-state index contributed by atoms with van der Waals surface area (Å²) in [6.45, 7) is 2.03. The summed E-state index contributed by atoms with van der Waals surface area (Å²) in [5.41, 5.74) is 0.836. The summed E-state index contributed by atoms with van der Waals surface area (Å²) in [6, 6.07) is 10.0. The van der Waals surface area contributed by atoms with E-state index in [9.17, 15) is 19.2 Å². The van der Waals surface area contributed by atoms with Crippen LogP contribution >= 0.6 is 0 Å². The predicted molar refractivity (Wildman–Crippen MR) is 102 cm³/mol. The van der Waals surface area contributed by atoms with E-state index in [0.717, 1.165) is 0 Å². The van der Waals surface area contributed by atoms with Gasteiger partial charge in [0.1, 0.15) is 0 Å². The molecule has 2 aromatic rings. The molecule has 3 heterocycles. The zero-order valence-electron chi connectivity index (χ0n) is 15.9. The number of nitrogens with zero attached hydrogens (tertiary/aromatic N) is 3. The second kappa shape index (κ2) is 7.90. The molecule has 8 heteroatoms. The Balaban J connectivity index is 1.24. The van der Waals surface area contributed by atoms with Crippen LogP contribution in [0.15, 0.2) is 47.1 Å². The third-order valence-electron chi connectivity index (χ3n) is 5.30. The van der Waals surface area contributed by atoms with Crippen molar-refractivity contribution in [3.05, 3.63) is 59.5 Å². The van der Waals surface area contributed by atoms with Crippen LogP contribution in [0.25, 0.3) is 0 Å². The summed E-state index contributed by atoms with van der Waals surface area (Å²) >= 11 is 0. The Morgan fingerprint density at radius 3 is 2.07 bits per heavy atom. The topological polar surface area (TPSA) is 91.1 Å². The molecule has 4 amide bonds. The molecular weight excluding hydrogens is 374 g/mol. The lowest BCUT2D eigenvalue weighted by molar-refractivity contribution is -0.132. The Kier molecular flexibility index (Phi) is 5.16. The molecule has 4 rings (SSSR count). The molecule has 1 aromatic carbocycles. The van der Waals surface area contributed by atoms with Gasteiger partial charge in [-0.3, -0.25) is 24.1 Å². The van der Waals surface area contributed by atoms with Crippen LogP contribution in [0, 0.1) is 0 Å². The largest absolute Gasteiger partial charge is 0.459 e. The fraction of sp³-hybridized carbons (Fsp3) is 0.333. The average Bonchev–Trinajstić information content (AvgIpc) is 3.37. The minimum absolute atomic E-state index is 0.0355. The molecule has 2 aliphatic heterocycles.